The molecule has 2 aromatic rings. The maximum Gasteiger partial charge on any atom is 0.253 e. The molecule has 0 radical (unpaired) electrons. The minimum Gasteiger partial charge on any atom is -0.352 e. The molecule has 1 aliphatic heterocycles. The van der Waals surface area contributed by atoms with E-state index in [1.165, 1.54) is 0 Å². The third kappa shape index (κ3) is 5.36. The highest BCUT2D eigenvalue weighted by atomic mass is 16.2. The van der Waals surface area contributed by atoms with Crippen molar-refractivity contribution in [3.05, 3.63) is 70.8 Å². The van der Waals surface area contributed by atoms with Gasteiger partial charge in [-0.2, -0.15) is 0 Å². The highest BCUT2D eigenvalue weighted by molar-refractivity contribution is 5.98. The lowest BCUT2D eigenvalue weighted by Crippen LogP contribution is -2.54. The van der Waals surface area contributed by atoms with Gasteiger partial charge in [-0.1, -0.05) is 35.4 Å². The average molecular weight is 434 g/mol. The first-order chi connectivity index (χ1) is 15.4. The van der Waals surface area contributed by atoms with Gasteiger partial charge in [0.25, 0.3) is 11.8 Å². The van der Waals surface area contributed by atoms with Crippen LogP contribution in [0.25, 0.3) is 0 Å². The lowest BCUT2D eigenvalue weighted by molar-refractivity contribution is -0.124. The summed E-state index contributed by atoms with van der Waals surface area (Å²) in [6.07, 6.45) is 3.34. The van der Waals surface area contributed by atoms with Crippen LogP contribution in [0.2, 0.25) is 0 Å². The summed E-state index contributed by atoms with van der Waals surface area (Å²) in [7, 11) is 0. The van der Waals surface area contributed by atoms with Crippen molar-refractivity contribution in [2.75, 3.05) is 13.1 Å². The Bertz CT molecular complexity index is 972. The number of nitrogens with zero attached hydrogens (tertiary/aromatic N) is 1. The molecule has 2 aliphatic rings. The van der Waals surface area contributed by atoms with Crippen molar-refractivity contribution >= 4 is 17.7 Å². The predicted molar refractivity (Wildman–Crippen MR) is 123 cm³/mol. The van der Waals surface area contributed by atoms with Crippen LogP contribution in [-0.2, 0) is 4.79 Å². The van der Waals surface area contributed by atoms with Crippen molar-refractivity contribution in [3.63, 3.8) is 0 Å². The molecule has 0 unspecified atom stereocenters. The Hall–Kier alpha value is -3.15. The molecule has 2 fully saturated rings. The van der Waals surface area contributed by atoms with Crippen LogP contribution in [0.1, 0.15) is 57.5 Å². The highest BCUT2D eigenvalue weighted by Crippen LogP contribution is 2.25. The van der Waals surface area contributed by atoms with Crippen LogP contribution in [0.15, 0.2) is 48.5 Å². The van der Waals surface area contributed by atoms with Gasteiger partial charge in [-0.25, -0.2) is 0 Å². The van der Waals surface area contributed by atoms with Crippen LogP contribution >= 0.6 is 0 Å². The van der Waals surface area contributed by atoms with Gasteiger partial charge in [-0.15, -0.1) is 0 Å². The van der Waals surface area contributed by atoms with Crippen LogP contribution < -0.4 is 10.6 Å². The summed E-state index contributed by atoms with van der Waals surface area (Å²) >= 11 is 0. The third-order valence-electron chi connectivity index (χ3n) is 6.40. The number of piperidine rings is 1. The molecule has 4 rings (SSSR count). The minimum absolute atomic E-state index is 0.00906. The maximum atomic E-state index is 13.0. The van der Waals surface area contributed by atoms with E-state index in [9.17, 15) is 14.4 Å². The van der Waals surface area contributed by atoms with Gasteiger partial charge in [0.2, 0.25) is 5.91 Å². The summed E-state index contributed by atoms with van der Waals surface area (Å²) in [5.74, 6) is -0.341. The molecule has 1 saturated heterocycles. The number of carbonyl (C=O) groups excluding carboxylic acids is 3. The Kier molecular flexibility index (Phi) is 6.58. The molecule has 32 heavy (non-hydrogen) atoms. The standard InChI is InChI=1S/C26H31N3O3/c1-17-3-7-20(8-4-17)24(30)28-23(25(31)27-22-11-12-22)19-13-15-29(16-14-19)26(32)21-9-5-18(2)6-10-21/h3-10,19,22-23H,11-16H2,1-2H3,(H,27,31)(H,28,30)/t23-/m1/s1. The number of likely N-dealkylation sites (tertiary alicyclic amines) is 1. The van der Waals surface area contributed by atoms with Crippen molar-refractivity contribution in [3.8, 4) is 0 Å². The molecule has 0 spiro atoms. The summed E-state index contributed by atoms with van der Waals surface area (Å²) in [5, 5.41) is 6.03. The number of rotatable bonds is 6. The number of nitrogens with one attached hydrogen (secondary N) is 2. The summed E-state index contributed by atoms with van der Waals surface area (Å²) in [6.45, 7) is 5.12. The normalized spacial score (nSPS) is 17.5. The Morgan fingerprint density at radius 2 is 1.34 bits per heavy atom. The molecule has 1 atom stereocenters. The maximum absolute atomic E-state index is 13.0. The lowest BCUT2D eigenvalue weighted by atomic mass is 9.88. The average Bonchev–Trinajstić information content (AvgIpc) is 3.62. The van der Waals surface area contributed by atoms with Crippen molar-refractivity contribution in [2.45, 2.75) is 51.6 Å². The zero-order valence-electron chi connectivity index (χ0n) is 18.8. The van der Waals surface area contributed by atoms with Gasteiger partial charge in [-0.05, 0) is 69.7 Å². The van der Waals surface area contributed by atoms with Gasteiger partial charge in [0.15, 0.2) is 0 Å². The molecule has 3 amide bonds. The van der Waals surface area contributed by atoms with Gasteiger partial charge < -0.3 is 15.5 Å². The first kappa shape index (κ1) is 22.1. The first-order valence-electron chi connectivity index (χ1n) is 11.4. The number of benzene rings is 2. The monoisotopic (exact) mass is 433 g/mol. The first-order valence-corrected chi connectivity index (χ1v) is 11.4. The SMILES string of the molecule is Cc1ccc(C(=O)N[C@@H](C(=O)NC2CC2)C2CCN(C(=O)c3ccc(C)cc3)CC2)cc1. The number of aryl methyl sites for hydroxylation is 2. The van der Waals surface area contributed by atoms with E-state index in [4.69, 9.17) is 0 Å². The van der Waals surface area contributed by atoms with Gasteiger partial charge >= 0.3 is 0 Å². The van der Waals surface area contributed by atoms with E-state index in [2.05, 4.69) is 10.6 Å². The Labute approximate surface area is 189 Å². The van der Waals surface area contributed by atoms with Crippen LogP contribution in [0.3, 0.4) is 0 Å². The van der Waals surface area contributed by atoms with Gasteiger partial charge in [0.1, 0.15) is 6.04 Å². The molecule has 0 aromatic heterocycles. The van der Waals surface area contributed by atoms with E-state index in [0.29, 0.717) is 37.1 Å². The topological polar surface area (TPSA) is 78.5 Å². The van der Waals surface area contributed by atoms with Crippen LogP contribution in [0, 0.1) is 19.8 Å². The minimum atomic E-state index is -0.596. The van der Waals surface area contributed by atoms with E-state index in [0.717, 1.165) is 24.0 Å². The van der Waals surface area contributed by atoms with E-state index in [1.54, 1.807) is 12.1 Å². The molecule has 6 nitrogen and oxygen atoms in total. The van der Waals surface area contributed by atoms with Crippen molar-refractivity contribution < 1.29 is 14.4 Å². The fourth-order valence-corrected chi connectivity index (χ4v) is 4.16. The van der Waals surface area contributed by atoms with Gasteiger partial charge in [-0.3, -0.25) is 14.4 Å². The number of carbonyl (C=O) groups is 3. The summed E-state index contributed by atoms with van der Waals surface area (Å²) in [6, 6.07) is 14.6. The quantitative estimate of drug-likeness (QED) is 0.734. The highest BCUT2D eigenvalue weighted by Gasteiger charge is 2.36. The van der Waals surface area contributed by atoms with E-state index in [1.807, 2.05) is 55.1 Å². The zero-order chi connectivity index (χ0) is 22.7. The summed E-state index contributed by atoms with van der Waals surface area (Å²) in [4.78, 5) is 40.5. The molecule has 2 N–H and O–H groups in total. The number of amides is 3. The molecule has 2 aromatic carbocycles. The zero-order valence-corrected chi connectivity index (χ0v) is 18.8. The van der Waals surface area contributed by atoms with Crippen molar-refractivity contribution in [1.29, 1.82) is 0 Å². The smallest absolute Gasteiger partial charge is 0.253 e. The molecule has 1 saturated carbocycles. The van der Waals surface area contributed by atoms with Crippen molar-refractivity contribution in [1.82, 2.24) is 15.5 Å². The molecule has 168 valence electrons. The molecule has 1 aliphatic carbocycles. The largest absolute Gasteiger partial charge is 0.352 e. The molecule has 1 heterocycles. The fourth-order valence-electron chi connectivity index (χ4n) is 4.16. The van der Waals surface area contributed by atoms with Gasteiger partial charge in [0, 0.05) is 30.3 Å². The van der Waals surface area contributed by atoms with Crippen LogP contribution in [0.4, 0.5) is 0 Å². The van der Waals surface area contributed by atoms with Crippen molar-refractivity contribution in [2.24, 2.45) is 5.92 Å². The van der Waals surface area contributed by atoms with E-state index >= 15 is 0 Å². The second-order valence-electron chi connectivity index (χ2n) is 9.10. The molecular weight excluding hydrogens is 402 g/mol. The molecule has 6 heteroatoms. The van der Waals surface area contributed by atoms with E-state index < -0.39 is 6.04 Å². The molecule has 0 bridgehead atoms. The predicted octanol–water partition coefficient (Wildman–Crippen LogP) is 3.23. The summed E-state index contributed by atoms with van der Waals surface area (Å²) < 4.78 is 0. The Morgan fingerprint density at radius 1 is 0.812 bits per heavy atom. The summed E-state index contributed by atoms with van der Waals surface area (Å²) in [5.41, 5.74) is 3.43. The van der Waals surface area contributed by atoms with Crippen LogP contribution in [-0.4, -0.2) is 47.8 Å². The van der Waals surface area contributed by atoms with E-state index in [-0.39, 0.29) is 29.7 Å². The second-order valence-corrected chi connectivity index (χ2v) is 9.10. The Balaban J connectivity index is 1.41. The fraction of sp³-hybridized carbons (Fsp3) is 0.423. The van der Waals surface area contributed by atoms with Crippen LogP contribution in [0.5, 0.6) is 0 Å². The lowest BCUT2D eigenvalue weighted by Gasteiger charge is -2.36. The molecular formula is C26H31N3O3. The number of hydrogen-bond donors (Lipinski definition) is 2. The van der Waals surface area contributed by atoms with Gasteiger partial charge in [0.05, 0.1) is 0 Å². The number of hydrogen-bond acceptors (Lipinski definition) is 3. The Morgan fingerprint density at radius 3 is 1.88 bits per heavy atom. The third-order valence-corrected chi connectivity index (χ3v) is 6.40. The second kappa shape index (κ2) is 9.55.